The fourth-order valence-corrected chi connectivity index (χ4v) is 1.86. The average Bonchev–Trinajstić information content (AvgIpc) is 2.47. The Morgan fingerprint density at radius 2 is 1.74 bits per heavy atom. The van der Waals surface area contributed by atoms with E-state index in [1.165, 1.54) is 0 Å². The van der Waals surface area contributed by atoms with E-state index in [-0.39, 0.29) is 0 Å². The van der Waals surface area contributed by atoms with Crippen LogP contribution < -0.4 is 14.8 Å². The molecule has 1 aromatic heterocycles. The molecule has 0 amide bonds. The molecular weight excluding hydrogens is 240 g/mol. The molecule has 4 heteroatoms. The van der Waals surface area contributed by atoms with Gasteiger partial charge in [0.05, 0.1) is 19.9 Å². The number of rotatable bonds is 5. The van der Waals surface area contributed by atoms with Crippen molar-refractivity contribution < 1.29 is 9.47 Å². The first-order valence-electron chi connectivity index (χ1n) is 6.10. The number of aromatic nitrogens is 1. The minimum absolute atomic E-state index is 0.760. The molecule has 0 radical (unpaired) electrons. The Balaban J connectivity index is 2.34. The van der Waals surface area contributed by atoms with Crippen LogP contribution in [0.15, 0.2) is 36.5 Å². The van der Waals surface area contributed by atoms with Crippen LogP contribution in [0.25, 0.3) is 11.3 Å². The fourth-order valence-electron chi connectivity index (χ4n) is 1.86. The number of hydrogen-bond donors (Lipinski definition) is 1. The quantitative estimate of drug-likeness (QED) is 0.894. The van der Waals surface area contributed by atoms with Gasteiger partial charge >= 0.3 is 0 Å². The van der Waals surface area contributed by atoms with Gasteiger partial charge in [0, 0.05) is 24.4 Å². The monoisotopic (exact) mass is 258 g/mol. The van der Waals surface area contributed by atoms with Crippen molar-refractivity contribution in [2.45, 2.75) is 6.54 Å². The lowest BCUT2D eigenvalue weighted by molar-refractivity contribution is 0.394. The van der Waals surface area contributed by atoms with Crippen LogP contribution in [-0.4, -0.2) is 26.3 Å². The van der Waals surface area contributed by atoms with Crippen molar-refractivity contribution in [3.63, 3.8) is 0 Å². The molecule has 2 rings (SSSR count). The standard InChI is InChI=1S/C15H18N2O2/c1-16-9-11-4-5-15(17-10-11)12-6-13(18-2)8-14(7-12)19-3/h4-8,10,16H,9H2,1-3H3. The first-order valence-corrected chi connectivity index (χ1v) is 6.10. The van der Waals surface area contributed by atoms with E-state index in [4.69, 9.17) is 9.47 Å². The van der Waals surface area contributed by atoms with Gasteiger partial charge in [0.2, 0.25) is 0 Å². The summed E-state index contributed by atoms with van der Waals surface area (Å²) >= 11 is 0. The highest BCUT2D eigenvalue weighted by Gasteiger charge is 2.05. The Morgan fingerprint density at radius 3 is 2.21 bits per heavy atom. The van der Waals surface area contributed by atoms with Crippen molar-refractivity contribution in [2.24, 2.45) is 0 Å². The Morgan fingerprint density at radius 1 is 1.05 bits per heavy atom. The van der Waals surface area contributed by atoms with Crippen molar-refractivity contribution in [3.05, 3.63) is 42.1 Å². The number of ether oxygens (including phenoxy) is 2. The molecule has 100 valence electrons. The molecule has 1 aromatic carbocycles. The molecule has 0 spiro atoms. The molecule has 2 aromatic rings. The molecule has 1 N–H and O–H groups in total. The Kier molecular flexibility index (Phi) is 4.36. The molecule has 0 saturated heterocycles. The van der Waals surface area contributed by atoms with Gasteiger partial charge in [0.15, 0.2) is 0 Å². The van der Waals surface area contributed by atoms with Gasteiger partial charge in [-0.25, -0.2) is 0 Å². The number of hydrogen-bond acceptors (Lipinski definition) is 4. The first-order chi connectivity index (χ1) is 9.26. The van der Waals surface area contributed by atoms with Crippen LogP contribution in [0.2, 0.25) is 0 Å². The lowest BCUT2D eigenvalue weighted by Crippen LogP contribution is -2.05. The van der Waals surface area contributed by atoms with Crippen molar-refractivity contribution in [1.29, 1.82) is 0 Å². The number of pyridine rings is 1. The molecule has 0 unspecified atom stereocenters. The van der Waals surface area contributed by atoms with Crippen LogP contribution in [0.1, 0.15) is 5.56 Å². The minimum atomic E-state index is 0.760. The SMILES string of the molecule is CNCc1ccc(-c2cc(OC)cc(OC)c2)nc1. The van der Waals surface area contributed by atoms with Gasteiger partial charge in [-0.3, -0.25) is 4.98 Å². The molecule has 0 fully saturated rings. The van der Waals surface area contributed by atoms with Crippen LogP contribution in [0.4, 0.5) is 0 Å². The Labute approximate surface area is 113 Å². The molecule has 0 bridgehead atoms. The summed E-state index contributed by atoms with van der Waals surface area (Å²) in [5.74, 6) is 1.52. The van der Waals surface area contributed by atoms with Crippen LogP contribution in [0, 0.1) is 0 Å². The van der Waals surface area contributed by atoms with E-state index in [1.54, 1.807) is 14.2 Å². The van der Waals surface area contributed by atoms with Gasteiger partial charge < -0.3 is 14.8 Å². The highest BCUT2D eigenvalue weighted by atomic mass is 16.5. The zero-order valence-corrected chi connectivity index (χ0v) is 11.4. The summed E-state index contributed by atoms with van der Waals surface area (Å²) in [5.41, 5.74) is 3.03. The molecule has 0 atom stereocenters. The summed E-state index contributed by atoms with van der Waals surface area (Å²) in [7, 11) is 5.20. The molecule has 4 nitrogen and oxygen atoms in total. The summed E-state index contributed by atoms with van der Waals surface area (Å²) < 4.78 is 10.5. The lowest BCUT2D eigenvalue weighted by Gasteiger charge is -2.08. The van der Waals surface area contributed by atoms with Crippen LogP contribution >= 0.6 is 0 Å². The number of benzene rings is 1. The zero-order chi connectivity index (χ0) is 13.7. The second kappa shape index (κ2) is 6.20. The molecule has 0 aliphatic heterocycles. The van der Waals surface area contributed by atoms with Gasteiger partial charge in [-0.1, -0.05) is 6.07 Å². The van der Waals surface area contributed by atoms with E-state index in [9.17, 15) is 0 Å². The maximum absolute atomic E-state index is 5.26. The van der Waals surface area contributed by atoms with Crippen molar-refractivity contribution in [3.8, 4) is 22.8 Å². The van der Waals surface area contributed by atoms with Crippen LogP contribution in [-0.2, 0) is 6.54 Å². The normalized spacial score (nSPS) is 10.3. The second-order valence-electron chi connectivity index (χ2n) is 4.18. The van der Waals surface area contributed by atoms with E-state index in [2.05, 4.69) is 16.4 Å². The first kappa shape index (κ1) is 13.4. The van der Waals surface area contributed by atoms with E-state index >= 15 is 0 Å². The molecule has 0 aliphatic rings. The highest BCUT2D eigenvalue weighted by molar-refractivity contribution is 5.64. The van der Waals surface area contributed by atoms with E-state index in [1.807, 2.05) is 37.5 Å². The fraction of sp³-hybridized carbons (Fsp3) is 0.267. The zero-order valence-electron chi connectivity index (χ0n) is 11.4. The molecule has 0 saturated carbocycles. The molecule has 0 aliphatic carbocycles. The molecule has 1 heterocycles. The third-order valence-corrected chi connectivity index (χ3v) is 2.85. The Bertz CT molecular complexity index is 516. The van der Waals surface area contributed by atoms with E-state index in [0.29, 0.717) is 0 Å². The van der Waals surface area contributed by atoms with E-state index in [0.717, 1.165) is 34.9 Å². The van der Waals surface area contributed by atoms with Crippen molar-refractivity contribution in [1.82, 2.24) is 10.3 Å². The highest BCUT2D eigenvalue weighted by Crippen LogP contribution is 2.28. The predicted octanol–water partition coefficient (Wildman–Crippen LogP) is 2.49. The summed E-state index contributed by atoms with van der Waals surface area (Å²) in [5, 5.41) is 3.10. The molecular formula is C15H18N2O2. The lowest BCUT2D eigenvalue weighted by atomic mass is 10.1. The summed E-state index contributed by atoms with van der Waals surface area (Å²) in [4.78, 5) is 4.47. The topological polar surface area (TPSA) is 43.4 Å². The number of nitrogens with one attached hydrogen (secondary N) is 1. The van der Waals surface area contributed by atoms with Gasteiger partial charge in [0.25, 0.3) is 0 Å². The Hall–Kier alpha value is -2.07. The van der Waals surface area contributed by atoms with Crippen LogP contribution in [0.5, 0.6) is 11.5 Å². The average molecular weight is 258 g/mol. The third kappa shape index (κ3) is 3.23. The van der Waals surface area contributed by atoms with Crippen molar-refractivity contribution in [2.75, 3.05) is 21.3 Å². The predicted molar refractivity (Wildman–Crippen MR) is 75.5 cm³/mol. The second-order valence-corrected chi connectivity index (χ2v) is 4.18. The smallest absolute Gasteiger partial charge is 0.123 e. The van der Waals surface area contributed by atoms with E-state index < -0.39 is 0 Å². The number of methoxy groups -OCH3 is 2. The summed E-state index contributed by atoms with van der Waals surface area (Å²) in [6.07, 6.45) is 1.87. The maximum Gasteiger partial charge on any atom is 0.123 e. The minimum Gasteiger partial charge on any atom is -0.497 e. The summed E-state index contributed by atoms with van der Waals surface area (Å²) in [6, 6.07) is 9.80. The molecule has 19 heavy (non-hydrogen) atoms. The largest absolute Gasteiger partial charge is 0.497 e. The van der Waals surface area contributed by atoms with Gasteiger partial charge in [-0.15, -0.1) is 0 Å². The van der Waals surface area contributed by atoms with Gasteiger partial charge in [-0.05, 0) is 30.8 Å². The third-order valence-electron chi connectivity index (χ3n) is 2.85. The van der Waals surface area contributed by atoms with Gasteiger partial charge in [0.1, 0.15) is 11.5 Å². The van der Waals surface area contributed by atoms with Gasteiger partial charge in [-0.2, -0.15) is 0 Å². The van der Waals surface area contributed by atoms with Crippen molar-refractivity contribution >= 4 is 0 Å². The summed E-state index contributed by atoms with van der Waals surface area (Å²) in [6.45, 7) is 0.814. The van der Waals surface area contributed by atoms with Crippen LogP contribution in [0.3, 0.4) is 0 Å². The number of nitrogens with zero attached hydrogens (tertiary/aromatic N) is 1. The maximum atomic E-state index is 5.26.